The van der Waals surface area contributed by atoms with Crippen LogP contribution in [0.2, 0.25) is 5.02 Å². The van der Waals surface area contributed by atoms with Crippen LogP contribution in [0.25, 0.3) is 10.6 Å². The molecule has 1 aromatic heterocycles. The number of hydrogen-bond donors (Lipinski definition) is 1. The molecule has 2 atom stereocenters. The summed E-state index contributed by atoms with van der Waals surface area (Å²) in [6.07, 6.45) is -0.00395. The molecule has 24 heavy (non-hydrogen) atoms. The van der Waals surface area contributed by atoms with Crippen molar-refractivity contribution in [1.29, 1.82) is 0 Å². The Morgan fingerprint density at radius 2 is 2.17 bits per heavy atom. The number of carbonyl (C=O) groups excluding carboxylic acids is 1. The molecular weight excluding hydrogens is 352 g/mol. The van der Waals surface area contributed by atoms with Gasteiger partial charge in [0.25, 0.3) is 5.91 Å². The topological polar surface area (TPSA) is 79.7 Å². The second-order valence-corrected chi connectivity index (χ2v) is 6.69. The van der Waals surface area contributed by atoms with Gasteiger partial charge in [0.2, 0.25) is 0 Å². The lowest BCUT2D eigenvalue weighted by Gasteiger charge is -2.19. The normalized spacial score (nSPS) is 20.3. The molecule has 6 nitrogen and oxygen atoms in total. The maximum atomic E-state index is 12.7. The van der Waals surface area contributed by atoms with Crippen molar-refractivity contribution in [2.24, 2.45) is 0 Å². The first kappa shape index (κ1) is 16.9. The van der Waals surface area contributed by atoms with E-state index in [-0.39, 0.29) is 24.8 Å². The van der Waals surface area contributed by atoms with Crippen molar-refractivity contribution >= 4 is 34.8 Å². The Kier molecular flexibility index (Phi) is 4.84. The Morgan fingerprint density at radius 1 is 1.42 bits per heavy atom. The molecular formula is C16H15ClN2O4S. The first-order chi connectivity index (χ1) is 11.5. The summed E-state index contributed by atoms with van der Waals surface area (Å²) >= 11 is 7.45. The molecule has 1 aromatic carbocycles. The number of ether oxygens (including phenoxy) is 1. The summed E-state index contributed by atoms with van der Waals surface area (Å²) in [6, 6.07) is 6.34. The standard InChI is InChI=1S/C16H15ClN2O4S/c1-23-9-6-13(16(21)22)19(7-9)15(20)12-8-24-14(18-12)10-4-2-3-5-11(10)17/h2-5,8-9,13H,6-7H2,1H3,(H,21,22). The third kappa shape index (κ3) is 3.15. The monoisotopic (exact) mass is 366 g/mol. The van der Waals surface area contributed by atoms with E-state index in [9.17, 15) is 14.7 Å². The van der Waals surface area contributed by atoms with Crippen LogP contribution in [0, 0.1) is 0 Å². The summed E-state index contributed by atoms with van der Waals surface area (Å²) in [4.78, 5) is 29.7. The fraction of sp³-hybridized carbons (Fsp3) is 0.312. The fourth-order valence-corrected chi connectivity index (χ4v) is 3.82. The van der Waals surface area contributed by atoms with E-state index in [1.54, 1.807) is 11.4 Å². The van der Waals surface area contributed by atoms with Gasteiger partial charge in [-0.15, -0.1) is 11.3 Å². The highest BCUT2D eigenvalue weighted by atomic mass is 35.5. The first-order valence-electron chi connectivity index (χ1n) is 7.28. The number of amides is 1. The first-order valence-corrected chi connectivity index (χ1v) is 8.54. The Morgan fingerprint density at radius 3 is 2.83 bits per heavy atom. The van der Waals surface area contributed by atoms with Crippen molar-refractivity contribution in [1.82, 2.24) is 9.88 Å². The predicted molar refractivity (Wildman–Crippen MR) is 90.4 cm³/mol. The number of carbonyl (C=O) groups is 2. The van der Waals surface area contributed by atoms with E-state index in [0.717, 1.165) is 5.56 Å². The van der Waals surface area contributed by atoms with Gasteiger partial charge in [-0.2, -0.15) is 0 Å². The highest BCUT2D eigenvalue weighted by Gasteiger charge is 2.40. The second-order valence-electron chi connectivity index (χ2n) is 5.42. The van der Waals surface area contributed by atoms with Crippen LogP contribution in [0.5, 0.6) is 0 Å². The van der Waals surface area contributed by atoms with Crippen LogP contribution in [0.3, 0.4) is 0 Å². The number of rotatable bonds is 4. The number of aliphatic carboxylic acids is 1. The van der Waals surface area contributed by atoms with E-state index in [4.69, 9.17) is 16.3 Å². The lowest BCUT2D eigenvalue weighted by atomic mass is 10.2. The highest BCUT2D eigenvalue weighted by Crippen LogP contribution is 2.31. The number of carboxylic acid groups (broad SMARTS) is 1. The average Bonchev–Trinajstić information content (AvgIpc) is 3.22. The number of hydrogen-bond acceptors (Lipinski definition) is 5. The summed E-state index contributed by atoms with van der Waals surface area (Å²) in [5, 5.41) is 12.1. The molecule has 0 saturated carbocycles. The van der Waals surface area contributed by atoms with E-state index in [0.29, 0.717) is 10.0 Å². The van der Waals surface area contributed by atoms with Gasteiger partial charge >= 0.3 is 5.97 Å². The Hall–Kier alpha value is -1.96. The minimum Gasteiger partial charge on any atom is -0.480 e. The van der Waals surface area contributed by atoms with Gasteiger partial charge < -0.3 is 14.7 Å². The summed E-state index contributed by atoms with van der Waals surface area (Å²) in [6.45, 7) is 0.241. The van der Waals surface area contributed by atoms with E-state index in [1.807, 2.05) is 18.2 Å². The lowest BCUT2D eigenvalue weighted by molar-refractivity contribution is -0.141. The second kappa shape index (κ2) is 6.88. The van der Waals surface area contributed by atoms with Crippen LogP contribution in [0.1, 0.15) is 16.9 Å². The van der Waals surface area contributed by atoms with Crippen molar-refractivity contribution in [2.45, 2.75) is 18.6 Å². The molecule has 0 aliphatic carbocycles. The number of likely N-dealkylation sites (tertiary alicyclic amines) is 1. The van der Waals surface area contributed by atoms with Crippen molar-refractivity contribution in [2.75, 3.05) is 13.7 Å². The molecule has 0 spiro atoms. The van der Waals surface area contributed by atoms with E-state index < -0.39 is 17.9 Å². The van der Waals surface area contributed by atoms with E-state index >= 15 is 0 Å². The number of benzene rings is 1. The maximum Gasteiger partial charge on any atom is 0.326 e. The highest BCUT2D eigenvalue weighted by molar-refractivity contribution is 7.13. The Balaban J connectivity index is 1.86. The SMILES string of the molecule is COC1CC(C(=O)O)N(C(=O)c2csc(-c3ccccc3Cl)n2)C1. The average molecular weight is 367 g/mol. The van der Waals surface area contributed by atoms with Crippen LogP contribution in [0.15, 0.2) is 29.6 Å². The summed E-state index contributed by atoms with van der Waals surface area (Å²) in [5.74, 6) is -1.44. The van der Waals surface area contributed by atoms with Crippen LogP contribution >= 0.6 is 22.9 Å². The zero-order valence-electron chi connectivity index (χ0n) is 12.8. The minimum atomic E-state index is -1.04. The zero-order chi connectivity index (χ0) is 17.3. The molecule has 1 amide bonds. The molecule has 8 heteroatoms. The number of halogens is 1. The Bertz CT molecular complexity index is 779. The molecule has 1 N–H and O–H groups in total. The molecule has 2 unspecified atom stereocenters. The molecule has 3 rings (SSSR count). The van der Waals surface area contributed by atoms with E-state index in [2.05, 4.69) is 4.98 Å². The molecule has 126 valence electrons. The van der Waals surface area contributed by atoms with Gasteiger partial charge in [-0.05, 0) is 6.07 Å². The van der Waals surface area contributed by atoms with Gasteiger partial charge in [0.15, 0.2) is 0 Å². The third-order valence-electron chi connectivity index (χ3n) is 3.97. The van der Waals surface area contributed by atoms with Crippen LogP contribution in [-0.4, -0.2) is 52.7 Å². The minimum absolute atomic E-state index is 0.220. The summed E-state index contributed by atoms with van der Waals surface area (Å²) in [7, 11) is 1.51. The van der Waals surface area contributed by atoms with Gasteiger partial charge in [0.05, 0.1) is 11.1 Å². The van der Waals surface area contributed by atoms with Crippen LogP contribution in [0.4, 0.5) is 0 Å². The number of methoxy groups -OCH3 is 1. The molecule has 0 radical (unpaired) electrons. The van der Waals surface area contributed by atoms with Crippen molar-refractivity contribution in [3.05, 3.63) is 40.4 Å². The predicted octanol–water partition coefficient (Wildman–Crippen LogP) is 2.78. The van der Waals surface area contributed by atoms with Gasteiger partial charge in [0, 0.05) is 31.0 Å². The molecule has 0 bridgehead atoms. The maximum absolute atomic E-state index is 12.7. The van der Waals surface area contributed by atoms with Gasteiger partial charge in [0.1, 0.15) is 16.7 Å². The Labute approximate surface area is 147 Å². The molecule has 1 saturated heterocycles. The number of carboxylic acids is 1. The molecule has 1 fully saturated rings. The fourth-order valence-electron chi connectivity index (χ4n) is 2.70. The molecule has 2 heterocycles. The molecule has 1 aliphatic rings. The molecule has 2 aromatic rings. The van der Waals surface area contributed by atoms with Gasteiger partial charge in [-0.1, -0.05) is 29.8 Å². The van der Waals surface area contributed by atoms with Crippen LogP contribution in [-0.2, 0) is 9.53 Å². The smallest absolute Gasteiger partial charge is 0.326 e. The molecule has 1 aliphatic heterocycles. The number of aromatic nitrogens is 1. The van der Waals surface area contributed by atoms with Crippen LogP contribution < -0.4 is 0 Å². The number of thiazole rings is 1. The largest absolute Gasteiger partial charge is 0.480 e. The van der Waals surface area contributed by atoms with E-state index in [1.165, 1.54) is 23.3 Å². The van der Waals surface area contributed by atoms with Gasteiger partial charge in [-0.3, -0.25) is 4.79 Å². The number of nitrogens with zero attached hydrogens (tertiary/aromatic N) is 2. The van der Waals surface area contributed by atoms with Gasteiger partial charge in [-0.25, -0.2) is 9.78 Å². The van der Waals surface area contributed by atoms with Crippen molar-refractivity contribution < 1.29 is 19.4 Å². The summed E-state index contributed by atoms with van der Waals surface area (Å²) < 4.78 is 5.21. The van der Waals surface area contributed by atoms with Crippen molar-refractivity contribution in [3.8, 4) is 10.6 Å². The lowest BCUT2D eigenvalue weighted by Crippen LogP contribution is -2.40. The zero-order valence-corrected chi connectivity index (χ0v) is 14.4. The van der Waals surface area contributed by atoms with Crippen molar-refractivity contribution in [3.63, 3.8) is 0 Å². The quantitative estimate of drug-likeness (QED) is 0.900. The summed E-state index contributed by atoms with van der Waals surface area (Å²) in [5.41, 5.74) is 0.965. The third-order valence-corrected chi connectivity index (χ3v) is 5.17.